The second-order valence-corrected chi connectivity index (χ2v) is 3.34. The van der Waals surface area contributed by atoms with Crippen molar-refractivity contribution in [2.75, 3.05) is 19.6 Å². The summed E-state index contributed by atoms with van der Waals surface area (Å²) in [6.45, 7) is 0.0552. The summed E-state index contributed by atoms with van der Waals surface area (Å²) < 4.78 is 0. The first kappa shape index (κ1) is 14.3. The zero-order chi connectivity index (χ0) is 12.8. The molecule has 2 amide bonds. The van der Waals surface area contributed by atoms with E-state index in [1.165, 1.54) is 0 Å². The van der Waals surface area contributed by atoms with E-state index in [0.29, 0.717) is 0 Å². The van der Waals surface area contributed by atoms with Crippen molar-refractivity contribution in [3.63, 3.8) is 0 Å². The molecule has 8 heteroatoms. The number of carbonyl (C=O) groups is 3. The third kappa shape index (κ3) is 5.27. The lowest BCUT2D eigenvalue weighted by atomic mass is 10.1. The molecule has 8 nitrogen and oxygen atoms in total. The number of hydrogen-bond acceptors (Lipinski definition) is 5. The highest BCUT2D eigenvalue weighted by Crippen LogP contribution is 2.00. The van der Waals surface area contributed by atoms with Gasteiger partial charge in [0.05, 0.1) is 19.6 Å². The lowest BCUT2D eigenvalue weighted by Gasteiger charge is -2.18. The van der Waals surface area contributed by atoms with Gasteiger partial charge in [-0.2, -0.15) is 0 Å². The van der Waals surface area contributed by atoms with E-state index in [9.17, 15) is 19.5 Å². The molecule has 6 N–H and O–H groups in total. The summed E-state index contributed by atoms with van der Waals surface area (Å²) in [6.07, 6.45) is 0. The largest absolute Gasteiger partial charge is 0.479 e. The van der Waals surface area contributed by atoms with Crippen LogP contribution in [0.2, 0.25) is 0 Å². The number of nitrogens with one attached hydrogen (secondary N) is 2. The van der Waals surface area contributed by atoms with Crippen molar-refractivity contribution in [1.29, 1.82) is 0 Å². The van der Waals surface area contributed by atoms with E-state index >= 15 is 0 Å². The standard InChI is InChI=1S/C8H15N3O5/c1-8(16,7(14)15)4-11-6(13)3-10-5(12)2-9/h16H,2-4,9H2,1H3,(H,10,12)(H,11,13)(H,14,15). The van der Waals surface area contributed by atoms with Gasteiger partial charge in [-0.25, -0.2) is 4.79 Å². The predicted octanol–water partition coefficient (Wildman–Crippen LogP) is -2.99. The van der Waals surface area contributed by atoms with Gasteiger partial charge in [0.25, 0.3) is 0 Å². The van der Waals surface area contributed by atoms with Crippen LogP contribution in [0.25, 0.3) is 0 Å². The molecule has 0 radical (unpaired) electrons. The van der Waals surface area contributed by atoms with E-state index in [4.69, 9.17) is 10.8 Å². The Kier molecular flexibility index (Phi) is 5.40. The third-order valence-electron chi connectivity index (χ3n) is 1.72. The van der Waals surface area contributed by atoms with E-state index in [1.54, 1.807) is 0 Å². The number of carboxylic acid groups (broad SMARTS) is 1. The summed E-state index contributed by atoms with van der Waals surface area (Å²) in [6, 6.07) is 0. The number of carbonyl (C=O) groups excluding carboxylic acids is 2. The van der Waals surface area contributed by atoms with Gasteiger partial charge in [0.1, 0.15) is 0 Å². The number of aliphatic carboxylic acids is 1. The Hall–Kier alpha value is -1.67. The van der Waals surface area contributed by atoms with Crippen molar-refractivity contribution in [2.24, 2.45) is 5.73 Å². The van der Waals surface area contributed by atoms with Crippen molar-refractivity contribution >= 4 is 17.8 Å². The molecule has 0 heterocycles. The molecule has 0 bridgehead atoms. The van der Waals surface area contributed by atoms with Crippen LogP contribution in [0.4, 0.5) is 0 Å². The molecule has 1 unspecified atom stereocenters. The van der Waals surface area contributed by atoms with E-state index in [0.717, 1.165) is 6.92 Å². The summed E-state index contributed by atoms with van der Waals surface area (Å²) in [7, 11) is 0. The predicted molar refractivity (Wildman–Crippen MR) is 53.3 cm³/mol. The Morgan fingerprint density at radius 2 is 1.81 bits per heavy atom. The molecule has 0 saturated heterocycles. The fraction of sp³-hybridized carbons (Fsp3) is 0.625. The Morgan fingerprint density at radius 1 is 1.25 bits per heavy atom. The molecule has 92 valence electrons. The minimum atomic E-state index is -2.03. The normalized spacial score (nSPS) is 13.7. The Morgan fingerprint density at radius 3 is 2.25 bits per heavy atom. The van der Waals surface area contributed by atoms with Crippen LogP contribution in [0, 0.1) is 0 Å². The van der Waals surface area contributed by atoms with Gasteiger partial charge in [0, 0.05) is 0 Å². The van der Waals surface area contributed by atoms with Gasteiger partial charge in [-0.3, -0.25) is 9.59 Å². The molecule has 0 aromatic heterocycles. The maximum absolute atomic E-state index is 11.1. The highest BCUT2D eigenvalue weighted by atomic mass is 16.4. The van der Waals surface area contributed by atoms with Crippen LogP contribution in [-0.2, 0) is 14.4 Å². The summed E-state index contributed by atoms with van der Waals surface area (Å²) in [4.78, 5) is 32.2. The zero-order valence-corrected chi connectivity index (χ0v) is 8.82. The molecule has 0 fully saturated rings. The first-order valence-electron chi connectivity index (χ1n) is 4.49. The number of aliphatic hydroxyl groups is 1. The molecule has 0 spiro atoms. The first-order chi connectivity index (χ1) is 7.29. The zero-order valence-electron chi connectivity index (χ0n) is 8.82. The summed E-state index contributed by atoms with van der Waals surface area (Å²) >= 11 is 0. The number of amides is 2. The van der Waals surface area contributed by atoms with Crippen molar-refractivity contribution < 1.29 is 24.6 Å². The molecular formula is C8H15N3O5. The Labute approximate surface area is 91.8 Å². The van der Waals surface area contributed by atoms with Crippen LogP contribution < -0.4 is 16.4 Å². The van der Waals surface area contributed by atoms with Gasteiger partial charge < -0.3 is 26.6 Å². The lowest BCUT2D eigenvalue weighted by Crippen LogP contribution is -2.49. The molecule has 0 aliphatic rings. The van der Waals surface area contributed by atoms with Gasteiger partial charge >= 0.3 is 5.97 Å². The van der Waals surface area contributed by atoms with E-state index in [1.807, 2.05) is 0 Å². The average Bonchev–Trinajstić information content (AvgIpc) is 2.22. The van der Waals surface area contributed by atoms with Gasteiger partial charge in [-0.1, -0.05) is 0 Å². The van der Waals surface area contributed by atoms with Crippen LogP contribution in [0.15, 0.2) is 0 Å². The average molecular weight is 233 g/mol. The van der Waals surface area contributed by atoms with Gasteiger partial charge in [-0.15, -0.1) is 0 Å². The maximum Gasteiger partial charge on any atom is 0.337 e. The second-order valence-electron chi connectivity index (χ2n) is 3.34. The smallest absolute Gasteiger partial charge is 0.337 e. The summed E-state index contributed by atoms with van der Waals surface area (Å²) in [5, 5.41) is 22.1. The Balaban J connectivity index is 3.90. The van der Waals surface area contributed by atoms with E-state index < -0.39 is 29.9 Å². The highest BCUT2D eigenvalue weighted by molar-refractivity contribution is 5.86. The maximum atomic E-state index is 11.1. The molecule has 16 heavy (non-hydrogen) atoms. The fourth-order valence-electron chi connectivity index (χ4n) is 0.660. The number of rotatable bonds is 6. The first-order valence-corrected chi connectivity index (χ1v) is 4.49. The van der Waals surface area contributed by atoms with Crippen LogP contribution in [-0.4, -0.2) is 53.2 Å². The van der Waals surface area contributed by atoms with Crippen LogP contribution >= 0.6 is 0 Å². The molecular weight excluding hydrogens is 218 g/mol. The summed E-state index contributed by atoms with van der Waals surface area (Å²) in [5.41, 5.74) is 2.95. The summed E-state index contributed by atoms with van der Waals surface area (Å²) in [5.74, 6) is -2.55. The minimum absolute atomic E-state index is 0.236. The molecule has 1 atom stereocenters. The van der Waals surface area contributed by atoms with E-state index in [2.05, 4.69) is 10.6 Å². The minimum Gasteiger partial charge on any atom is -0.479 e. The monoisotopic (exact) mass is 233 g/mol. The van der Waals surface area contributed by atoms with Crippen LogP contribution in [0.1, 0.15) is 6.92 Å². The third-order valence-corrected chi connectivity index (χ3v) is 1.72. The molecule has 0 aliphatic carbocycles. The highest BCUT2D eigenvalue weighted by Gasteiger charge is 2.30. The number of carboxylic acids is 1. The van der Waals surface area contributed by atoms with Crippen molar-refractivity contribution in [3.05, 3.63) is 0 Å². The Bertz CT molecular complexity index is 289. The van der Waals surface area contributed by atoms with E-state index in [-0.39, 0.29) is 13.1 Å². The molecule has 0 aliphatic heterocycles. The van der Waals surface area contributed by atoms with Crippen LogP contribution in [0.5, 0.6) is 0 Å². The molecule has 0 saturated carbocycles. The van der Waals surface area contributed by atoms with Gasteiger partial charge in [-0.05, 0) is 6.92 Å². The number of hydrogen-bond donors (Lipinski definition) is 5. The quantitative estimate of drug-likeness (QED) is 0.331. The van der Waals surface area contributed by atoms with Gasteiger partial charge in [0.15, 0.2) is 5.60 Å². The van der Waals surface area contributed by atoms with Crippen LogP contribution in [0.3, 0.4) is 0 Å². The van der Waals surface area contributed by atoms with Crippen molar-refractivity contribution in [3.8, 4) is 0 Å². The SMILES string of the molecule is CC(O)(CNC(=O)CNC(=O)CN)C(=O)O. The number of nitrogens with two attached hydrogens (primary N) is 1. The second kappa shape index (κ2) is 6.03. The molecule has 0 rings (SSSR count). The van der Waals surface area contributed by atoms with Crippen molar-refractivity contribution in [1.82, 2.24) is 10.6 Å². The fourth-order valence-corrected chi connectivity index (χ4v) is 0.660. The lowest BCUT2D eigenvalue weighted by molar-refractivity contribution is -0.156. The van der Waals surface area contributed by atoms with Crippen molar-refractivity contribution in [2.45, 2.75) is 12.5 Å². The molecule has 0 aromatic carbocycles. The van der Waals surface area contributed by atoms with Gasteiger partial charge in [0.2, 0.25) is 11.8 Å². The topological polar surface area (TPSA) is 142 Å². The molecule has 0 aromatic rings.